The third kappa shape index (κ3) is 1.16. The summed E-state index contributed by atoms with van der Waals surface area (Å²) in [6.45, 7) is 2.70. The molecular weight excluding hydrogens is 242 g/mol. The highest BCUT2D eigenvalue weighted by Crippen LogP contribution is 2.35. The van der Waals surface area contributed by atoms with Gasteiger partial charge in [-0.1, -0.05) is 22.0 Å². The zero-order chi connectivity index (χ0) is 9.60. The standard InChI is InChI=1S/C11H12BrNO/c12-9-1-2-10-8(5-9)3-4-13-11(10)6-14-7-11/h1-2,5,13H,3-4,6-7H2. The van der Waals surface area contributed by atoms with E-state index in [0.29, 0.717) is 0 Å². The summed E-state index contributed by atoms with van der Waals surface area (Å²) in [6.07, 6.45) is 1.12. The number of rotatable bonds is 0. The van der Waals surface area contributed by atoms with Crippen molar-refractivity contribution in [3.05, 3.63) is 33.8 Å². The molecule has 3 heteroatoms. The second kappa shape index (κ2) is 3.05. The number of hydrogen-bond donors (Lipinski definition) is 1. The largest absolute Gasteiger partial charge is 0.377 e. The Morgan fingerprint density at radius 2 is 2.21 bits per heavy atom. The molecule has 1 spiro atoms. The monoisotopic (exact) mass is 253 g/mol. The minimum absolute atomic E-state index is 0.133. The molecule has 1 aromatic rings. The van der Waals surface area contributed by atoms with Gasteiger partial charge in [0, 0.05) is 11.0 Å². The van der Waals surface area contributed by atoms with Crippen molar-refractivity contribution in [3.8, 4) is 0 Å². The lowest BCUT2D eigenvalue weighted by atomic mass is 9.81. The van der Waals surface area contributed by atoms with Gasteiger partial charge >= 0.3 is 0 Å². The predicted octanol–water partition coefficient (Wildman–Crippen LogP) is 1.82. The van der Waals surface area contributed by atoms with Crippen molar-refractivity contribution < 1.29 is 4.74 Å². The number of ether oxygens (including phenoxy) is 1. The molecule has 14 heavy (non-hydrogen) atoms. The van der Waals surface area contributed by atoms with Crippen molar-refractivity contribution in [1.29, 1.82) is 0 Å². The van der Waals surface area contributed by atoms with Crippen molar-refractivity contribution in [3.63, 3.8) is 0 Å². The SMILES string of the molecule is Brc1ccc2c(c1)CCNC21COC1. The Morgan fingerprint density at radius 1 is 1.36 bits per heavy atom. The van der Waals surface area contributed by atoms with Crippen LogP contribution in [0.15, 0.2) is 22.7 Å². The molecule has 1 N–H and O–H groups in total. The van der Waals surface area contributed by atoms with Gasteiger partial charge in [0.05, 0.1) is 18.8 Å². The molecule has 1 saturated heterocycles. The van der Waals surface area contributed by atoms with Gasteiger partial charge in [0.2, 0.25) is 0 Å². The molecule has 3 rings (SSSR count). The molecule has 1 fully saturated rings. The molecule has 2 aliphatic rings. The molecule has 0 amide bonds. The summed E-state index contributed by atoms with van der Waals surface area (Å²) in [4.78, 5) is 0. The van der Waals surface area contributed by atoms with Crippen LogP contribution < -0.4 is 5.32 Å². The molecule has 74 valence electrons. The van der Waals surface area contributed by atoms with Crippen molar-refractivity contribution in [2.75, 3.05) is 19.8 Å². The molecule has 0 atom stereocenters. The summed E-state index contributed by atoms with van der Waals surface area (Å²) in [6, 6.07) is 6.57. The maximum absolute atomic E-state index is 5.33. The molecule has 1 aromatic carbocycles. The van der Waals surface area contributed by atoms with Gasteiger partial charge in [0.25, 0.3) is 0 Å². The first-order valence-corrected chi connectivity index (χ1v) is 5.71. The van der Waals surface area contributed by atoms with Crippen molar-refractivity contribution in [2.45, 2.75) is 12.0 Å². The highest BCUT2D eigenvalue weighted by molar-refractivity contribution is 9.10. The van der Waals surface area contributed by atoms with Crippen LogP contribution in [0.25, 0.3) is 0 Å². The number of hydrogen-bond acceptors (Lipinski definition) is 2. The van der Waals surface area contributed by atoms with Crippen LogP contribution in [0.5, 0.6) is 0 Å². The summed E-state index contributed by atoms with van der Waals surface area (Å²) in [5, 5.41) is 3.57. The number of halogens is 1. The zero-order valence-corrected chi connectivity index (χ0v) is 9.43. The van der Waals surface area contributed by atoms with Gasteiger partial charge in [0.15, 0.2) is 0 Å². The van der Waals surface area contributed by atoms with E-state index in [1.165, 1.54) is 15.6 Å². The average molecular weight is 254 g/mol. The predicted molar refractivity (Wildman–Crippen MR) is 58.3 cm³/mol. The fraction of sp³-hybridized carbons (Fsp3) is 0.455. The highest BCUT2D eigenvalue weighted by atomic mass is 79.9. The van der Waals surface area contributed by atoms with Crippen LogP contribution in [0, 0.1) is 0 Å². The lowest BCUT2D eigenvalue weighted by molar-refractivity contribution is -0.0814. The Balaban J connectivity index is 2.10. The molecule has 2 heterocycles. The first kappa shape index (κ1) is 8.89. The van der Waals surface area contributed by atoms with E-state index in [2.05, 4.69) is 39.4 Å². The Labute approximate surface area is 91.8 Å². The van der Waals surface area contributed by atoms with Crippen LogP contribution in [-0.4, -0.2) is 19.8 Å². The molecule has 0 radical (unpaired) electrons. The van der Waals surface area contributed by atoms with Gasteiger partial charge in [-0.05, 0) is 29.7 Å². The second-order valence-corrected chi connectivity index (χ2v) is 4.97. The van der Waals surface area contributed by atoms with E-state index >= 15 is 0 Å². The van der Waals surface area contributed by atoms with E-state index in [9.17, 15) is 0 Å². The highest BCUT2D eigenvalue weighted by Gasteiger charge is 2.42. The van der Waals surface area contributed by atoms with Crippen LogP contribution in [0.1, 0.15) is 11.1 Å². The minimum atomic E-state index is 0.133. The van der Waals surface area contributed by atoms with Gasteiger partial charge in [-0.3, -0.25) is 0 Å². The van der Waals surface area contributed by atoms with Crippen molar-refractivity contribution in [1.82, 2.24) is 5.32 Å². The van der Waals surface area contributed by atoms with E-state index < -0.39 is 0 Å². The van der Waals surface area contributed by atoms with Crippen molar-refractivity contribution >= 4 is 15.9 Å². The van der Waals surface area contributed by atoms with Crippen LogP contribution in [-0.2, 0) is 16.7 Å². The van der Waals surface area contributed by atoms with Gasteiger partial charge in [-0.15, -0.1) is 0 Å². The van der Waals surface area contributed by atoms with E-state index in [1.807, 2.05) is 0 Å². The number of nitrogens with one attached hydrogen (secondary N) is 1. The maximum atomic E-state index is 5.33. The molecule has 0 aromatic heterocycles. The molecule has 0 unspecified atom stereocenters. The van der Waals surface area contributed by atoms with Crippen LogP contribution >= 0.6 is 15.9 Å². The van der Waals surface area contributed by atoms with Crippen LogP contribution in [0.3, 0.4) is 0 Å². The fourth-order valence-electron chi connectivity index (χ4n) is 2.33. The lowest BCUT2D eigenvalue weighted by Gasteiger charge is -2.46. The Hall–Kier alpha value is -0.380. The molecule has 0 saturated carbocycles. The quantitative estimate of drug-likeness (QED) is 0.762. The molecule has 0 aliphatic carbocycles. The Kier molecular flexibility index (Phi) is 1.94. The first-order chi connectivity index (χ1) is 6.80. The first-order valence-electron chi connectivity index (χ1n) is 4.92. The Morgan fingerprint density at radius 3 is 2.93 bits per heavy atom. The molecule has 2 nitrogen and oxygen atoms in total. The van der Waals surface area contributed by atoms with E-state index in [0.717, 1.165) is 26.2 Å². The van der Waals surface area contributed by atoms with Gasteiger partial charge in [-0.25, -0.2) is 0 Å². The maximum Gasteiger partial charge on any atom is 0.0911 e. The number of fused-ring (bicyclic) bond motifs is 2. The molecule has 2 aliphatic heterocycles. The summed E-state index contributed by atoms with van der Waals surface area (Å²) in [5.74, 6) is 0. The summed E-state index contributed by atoms with van der Waals surface area (Å²) >= 11 is 3.52. The van der Waals surface area contributed by atoms with E-state index in [4.69, 9.17) is 4.74 Å². The lowest BCUT2D eigenvalue weighted by Crippen LogP contribution is -2.60. The van der Waals surface area contributed by atoms with Gasteiger partial charge < -0.3 is 10.1 Å². The van der Waals surface area contributed by atoms with E-state index in [1.54, 1.807) is 0 Å². The minimum Gasteiger partial charge on any atom is -0.377 e. The summed E-state index contributed by atoms with van der Waals surface area (Å²) in [5.41, 5.74) is 3.02. The summed E-state index contributed by atoms with van der Waals surface area (Å²) in [7, 11) is 0. The third-order valence-corrected chi connectivity index (χ3v) is 3.63. The smallest absolute Gasteiger partial charge is 0.0911 e. The summed E-state index contributed by atoms with van der Waals surface area (Å²) < 4.78 is 6.50. The van der Waals surface area contributed by atoms with Gasteiger partial charge in [0.1, 0.15) is 0 Å². The fourth-order valence-corrected chi connectivity index (χ4v) is 2.74. The van der Waals surface area contributed by atoms with Gasteiger partial charge in [-0.2, -0.15) is 0 Å². The number of benzene rings is 1. The van der Waals surface area contributed by atoms with Crippen LogP contribution in [0.4, 0.5) is 0 Å². The van der Waals surface area contributed by atoms with E-state index in [-0.39, 0.29) is 5.54 Å². The average Bonchev–Trinajstić information content (AvgIpc) is 2.13. The molecule has 0 bridgehead atoms. The Bertz CT molecular complexity index is 374. The topological polar surface area (TPSA) is 21.3 Å². The second-order valence-electron chi connectivity index (χ2n) is 4.05. The third-order valence-electron chi connectivity index (χ3n) is 3.14. The van der Waals surface area contributed by atoms with Crippen molar-refractivity contribution in [2.24, 2.45) is 0 Å². The normalized spacial score (nSPS) is 22.9. The molecular formula is C11H12BrNO. The van der Waals surface area contributed by atoms with Crippen LogP contribution in [0.2, 0.25) is 0 Å². The zero-order valence-electron chi connectivity index (χ0n) is 7.85.